The van der Waals surface area contributed by atoms with Crippen molar-refractivity contribution in [2.24, 2.45) is 0 Å². The molecule has 0 unspecified atom stereocenters. The Labute approximate surface area is 139 Å². The highest BCUT2D eigenvalue weighted by molar-refractivity contribution is 8.01. The van der Waals surface area contributed by atoms with Gasteiger partial charge in [0.2, 0.25) is 5.13 Å². The molecule has 1 N–H and O–H groups in total. The van der Waals surface area contributed by atoms with Crippen molar-refractivity contribution in [3.8, 4) is 0 Å². The number of carbonyl (C=O) groups is 1. The van der Waals surface area contributed by atoms with E-state index in [4.69, 9.17) is 11.6 Å². The number of hydrogen-bond donors (Lipinski definition) is 1. The smallest absolute Gasteiger partial charge is 0.288 e. The first-order chi connectivity index (χ1) is 10.4. The number of amides is 1. The zero-order chi connectivity index (χ0) is 16.3. The number of benzene rings is 1. The van der Waals surface area contributed by atoms with Gasteiger partial charge in [0.25, 0.3) is 11.6 Å². The number of halogens is 1. The van der Waals surface area contributed by atoms with Crippen LogP contribution in [-0.2, 0) is 0 Å². The van der Waals surface area contributed by atoms with Crippen LogP contribution in [-0.4, -0.2) is 26.3 Å². The monoisotopic (exact) mass is 358 g/mol. The normalized spacial score (nSPS) is 10.7. The molecule has 1 aromatic carbocycles. The zero-order valence-corrected chi connectivity index (χ0v) is 14.0. The number of nitro benzene ring substituents is 1. The first-order valence-electron chi connectivity index (χ1n) is 6.12. The Morgan fingerprint density at radius 2 is 2.18 bits per heavy atom. The van der Waals surface area contributed by atoms with Gasteiger partial charge in [-0.25, -0.2) is 0 Å². The molecule has 1 aromatic heterocycles. The van der Waals surface area contributed by atoms with Crippen LogP contribution in [0.15, 0.2) is 22.5 Å². The molecule has 116 valence electrons. The van der Waals surface area contributed by atoms with Crippen molar-refractivity contribution in [2.75, 3.05) is 5.32 Å². The van der Waals surface area contributed by atoms with Gasteiger partial charge in [-0.3, -0.25) is 20.2 Å². The lowest BCUT2D eigenvalue weighted by molar-refractivity contribution is -0.384. The van der Waals surface area contributed by atoms with E-state index in [1.54, 1.807) is 0 Å². The van der Waals surface area contributed by atoms with Crippen molar-refractivity contribution in [2.45, 2.75) is 23.4 Å². The van der Waals surface area contributed by atoms with E-state index in [-0.39, 0.29) is 16.3 Å². The van der Waals surface area contributed by atoms with Crippen LogP contribution in [0.2, 0.25) is 5.02 Å². The molecule has 0 saturated carbocycles. The van der Waals surface area contributed by atoms with E-state index >= 15 is 0 Å². The fourth-order valence-electron chi connectivity index (χ4n) is 1.47. The van der Waals surface area contributed by atoms with E-state index in [0.717, 1.165) is 10.4 Å². The highest BCUT2D eigenvalue weighted by Crippen LogP contribution is 2.29. The fourth-order valence-corrected chi connectivity index (χ4v) is 3.63. The van der Waals surface area contributed by atoms with Crippen LogP contribution in [0.4, 0.5) is 10.8 Å². The van der Waals surface area contributed by atoms with Crippen molar-refractivity contribution in [1.82, 2.24) is 10.2 Å². The van der Waals surface area contributed by atoms with Gasteiger partial charge in [-0.15, -0.1) is 10.2 Å². The average molecular weight is 359 g/mol. The van der Waals surface area contributed by atoms with Crippen molar-refractivity contribution in [3.05, 3.63) is 38.9 Å². The quantitative estimate of drug-likeness (QED) is 0.377. The minimum Gasteiger partial charge on any atom is -0.296 e. The maximum absolute atomic E-state index is 12.1. The number of nitro groups is 1. The first kappa shape index (κ1) is 16.7. The lowest BCUT2D eigenvalue weighted by Gasteiger charge is -2.02. The van der Waals surface area contributed by atoms with Gasteiger partial charge < -0.3 is 0 Å². The summed E-state index contributed by atoms with van der Waals surface area (Å²) in [5.74, 6) is -0.503. The number of hydrogen-bond acceptors (Lipinski definition) is 7. The second-order valence-electron chi connectivity index (χ2n) is 4.42. The highest BCUT2D eigenvalue weighted by atomic mass is 35.5. The second kappa shape index (κ2) is 7.03. The maximum Gasteiger partial charge on any atom is 0.288 e. The Kier molecular flexibility index (Phi) is 5.33. The molecule has 7 nitrogen and oxygen atoms in total. The highest BCUT2D eigenvalue weighted by Gasteiger charge is 2.17. The molecule has 22 heavy (non-hydrogen) atoms. The molecule has 0 aliphatic carbocycles. The second-order valence-corrected chi connectivity index (χ2v) is 7.63. The summed E-state index contributed by atoms with van der Waals surface area (Å²) in [6.07, 6.45) is 0. The summed E-state index contributed by atoms with van der Waals surface area (Å²) in [5.41, 5.74) is -0.188. The third-order valence-electron chi connectivity index (χ3n) is 2.37. The summed E-state index contributed by atoms with van der Waals surface area (Å²) in [4.78, 5) is 22.3. The molecule has 0 radical (unpaired) electrons. The molecule has 0 saturated heterocycles. The summed E-state index contributed by atoms with van der Waals surface area (Å²) in [7, 11) is 0. The SMILES string of the molecule is CC(C)Sc1nnc(NC(=O)c2ccc(Cl)c([N+](=O)[O-])c2)s1. The summed E-state index contributed by atoms with van der Waals surface area (Å²) < 4.78 is 0.743. The van der Waals surface area contributed by atoms with Gasteiger partial charge in [0.1, 0.15) is 5.02 Å². The van der Waals surface area contributed by atoms with Crippen LogP contribution in [0.1, 0.15) is 24.2 Å². The minimum atomic E-state index is -0.637. The molecule has 10 heteroatoms. The van der Waals surface area contributed by atoms with E-state index in [2.05, 4.69) is 15.5 Å². The van der Waals surface area contributed by atoms with Crippen molar-refractivity contribution >= 4 is 51.4 Å². The standard InChI is InChI=1S/C12H11ClN4O3S2/c1-6(2)21-12-16-15-11(22-12)14-10(18)7-3-4-8(13)9(5-7)17(19)20/h3-6H,1-2H3,(H,14,15,18). The average Bonchev–Trinajstić information content (AvgIpc) is 2.85. The molecule has 1 amide bonds. The number of thioether (sulfide) groups is 1. The van der Waals surface area contributed by atoms with Gasteiger partial charge in [0.05, 0.1) is 4.92 Å². The van der Waals surface area contributed by atoms with E-state index in [1.165, 1.54) is 35.2 Å². The third kappa shape index (κ3) is 4.15. The predicted octanol–water partition coefficient (Wildman–Crippen LogP) is 3.85. The molecule has 1 heterocycles. The van der Waals surface area contributed by atoms with Crippen LogP contribution < -0.4 is 5.32 Å². The number of carbonyl (C=O) groups excluding carboxylic acids is 1. The molecule has 0 atom stereocenters. The van der Waals surface area contributed by atoms with E-state index in [9.17, 15) is 14.9 Å². The summed E-state index contributed by atoms with van der Waals surface area (Å²) in [6.45, 7) is 4.05. The van der Waals surface area contributed by atoms with Crippen molar-refractivity contribution in [3.63, 3.8) is 0 Å². The van der Waals surface area contributed by atoms with E-state index in [1.807, 2.05) is 13.8 Å². The molecule has 0 fully saturated rings. The Morgan fingerprint density at radius 1 is 1.45 bits per heavy atom. The molecular formula is C12H11ClN4O3S2. The number of rotatable bonds is 5. The Morgan fingerprint density at radius 3 is 2.82 bits per heavy atom. The van der Waals surface area contributed by atoms with Crippen molar-refractivity contribution < 1.29 is 9.72 Å². The largest absolute Gasteiger partial charge is 0.296 e. The van der Waals surface area contributed by atoms with Gasteiger partial charge >= 0.3 is 0 Å². The molecule has 0 aliphatic heterocycles. The van der Waals surface area contributed by atoms with Gasteiger partial charge in [0, 0.05) is 16.9 Å². The Balaban J connectivity index is 2.14. The van der Waals surface area contributed by atoms with Gasteiger partial charge in [-0.2, -0.15) is 0 Å². The van der Waals surface area contributed by atoms with Gasteiger partial charge in [0.15, 0.2) is 4.34 Å². The van der Waals surface area contributed by atoms with E-state index < -0.39 is 10.8 Å². The number of nitrogens with zero attached hydrogens (tertiary/aromatic N) is 3. The van der Waals surface area contributed by atoms with Gasteiger partial charge in [-0.1, -0.05) is 48.5 Å². The molecule has 0 spiro atoms. The molecule has 0 bridgehead atoms. The zero-order valence-electron chi connectivity index (χ0n) is 11.6. The first-order valence-corrected chi connectivity index (χ1v) is 8.19. The van der Waals surface area contributed by atoms with Crippen LogP contribution in [0.5, 0.6) is 0 Å². The van der Waals surface area contributed by atoms with Gasteiger partial charge in [-0.05, 0) is 12.1 Å². The minimum absolute atomic E-state index is 0.0203. The third-order valence-corrected chi connectivity index (χ3v) is 4.61. The number of aromatic nitrogens is 2. The molecule has 2 aromatic rings. The van der Waals surface area contributed by atoms with E-state index in [0.29, 0.717) is 10.4 Å². The molecule has 2 rings (SSSR count). The number of anilines is 1. The van der Waals surface area contributed by atoms with Crippen LogP contribution in [0, 0.1) is 10.1 Å². The molecule has 0 aliphatic rings. The summed E-state index contributed by atoms with van der Waals surface area (Å²) >= 11 is 8.50. The lowest BCUT2D eigenvalue weighted by Crippen LogP contribution is -2.12. The topological polar surface area (TPSA) is 98.0 Å². The molecular weight excluding hydrogens is 348 g/mol. The van der Waals surface area contributed by atoms with Crippen LogP contribution in [0.25, 0.3) is 0 Å². The number of nitrogens with one attached hydrogen (secondary N) is 1. The van der Waals surface area contributed by atoms with Crippen molar-refractivity contribution in [1.29, 1.82) is 0 Å². The maximum atomic E-state index is 12.1. The Hall–Kier alpha value is -1.71. The lowest BCUT2D eigenvalue weighted by atomic mass is 10.2. The van der Waals surface area contributed by atoms with Crippen LogP contribution in [0.3, 0.4) is 0 Å². The summed E-state index contributed by atoms with van der Waals surface area (Å²) in [5, 5.41) is 21.9. The van der Waals surface area contributed by atoms with Crippen LogP contribution >= 0.6 is 34.7 Å². The summed E-state index contributed by atoms with van der Waals surface area (Å²) in [6, 6.07) is 3.85. The predicted molar refractivity (Wildman–Crippen MR) is 87.0 cm³/mol. The Bertz CT molecular complexity index is 720. The fraction of sp³-hybridized carbons (Fsp3) is 0.250.